The number of aromatic amines is 2. The van der Waals surface area contributed by atoms with Crippen LogP contribution in [-0.2, 0) is 16.0 Å². The van der Waals surface area contributed by atoms with Crippen molar-refractivity contribution in [1.29, 1.82) is 0 Å². The maximum Gasteiger partial charge on any atom is 0.290 e. The van der Waals surface area contributed by atoms with Gasteiger partial charge in [-0.05, 0) is 18.6 Å². The second kappa shape index (κ2) is 6.53. The molecule has 0 fully saturated rings. The van der Waals surface area contributed by atoms with E-state index in [0.29, 0.717) is 12.2 Å². The molecule has 4 rings (SSSR count). The monoisotopic (exact) mass is 327 g/mol. The maximum absolute atomic E-state index is 11.9. The number of anilines is 1. The summed E-state index contributed by atoms with van der Waals surface area (Å²) >= 11 is 0. The van der Waals surface area contributed by atoms with Gasteiger partial charge in [0, 0.05) is 17.7 Å². The third-order valence-corrected chi connectivity index (χ3v) is 3.97. The Morgan fingerprint density at radius 3 is 2.83 bits per heavy atom. The summed E-state index contributed by atoms with van der Waals surface area (Å²) in [7, 11) is 0. The first-order valence-corrected chi connectivity index (χ1v) is 7.57. The van der Waals surface area contributed by atoms with E-state index in [4.69, 9.17) is 9.90 Å². The van der Waals surface area contributed by atoms with Gasteiger partial charge in [0.25, 0.3) is 6.47 Å². The fourth-order valence-corrected chi connectivity index (χ4v) is 2.97. The fourth-order valence-electron chi connectivity index (χ4n) is 2.97. The Balaban J connectivity index is 0.000000526. The number of amides is 1. The van der Waals surface area contributed by atoms with Gasteiger partial charge in [-0.25, -0.2) is 4.98 Å². The molecule has 3 aromatic rings. The van der Waals surface area contributed by atoms with Gasteiger partial charge < -0.3 is 15.4 Å². The minimum Gasteiger partial charge on any atom is -0.483 e. The highest BCUT2D eigenvalue weighted by Crippen LogP contribution is 2.37. The van der Waals surface area contributed by atoms with Crippen molar-refractivity contribution in [3.63, 3.8) is 0 Å². The van der Waals surface area contributed by atoms with Gasteiger partial charge in [0.2, 0.25) is 5.91 Å². The molecule has 0 saturated heterocycles. The lowest BCUT2D eigenvalue weighted by atomic mass is 9.90. The predicted molar refractivity (Wildman–Crippen MR) is 87.8 cm³/mol. The molecule has 1 aromatic carbocycles. The van der Waals surface area contributed by atoms with Crippen molar-refractivity contribution in [3.05, 3.63) is 41.3 Å². The largest absolute Gasteiger partial charge is 0.483 e. The van der Waals surface area contributed by atoms with Crippen LogP contribution >= 0.6 is 0 Å². The third kappa shape index (κ3) is 2.73. The van der Waals surface area contributed by atoms with Crippen molar-refractivity contribution in [2.24, 2.45) is 0 Å². The molecular formula is C16H17N5O3. The molecule has 2 aromatic heterocycles. The molecule has 1 aliphatic rings. The molecule has 4 N–H and O–H groups in total. The van der Waals surface area contributed by atoms with Crippen LogP contribution in [0.5, 0.6) is 0 Å². The zero-order chi connectivity index (χ0) is 17.1. The molecule has 1 aliphatic heterocycles. The van der Waals surface area contributed by atoms with Gasteiger partial charge in [-0.3, -0.25) is 14.7 Å². The lowest BCUT2D eigenvalue weighted by molar-refractivity contribution is -0.123. The number of carbonyl (C=O) groups is 2. The first-order chi connectivity index (χ1) is 11.7. The number of carboxylic acid groups (broad SMARTS) is 1. The Morgan fingerprint density at radius 1 is 1.38 bits per heavy atom. The first kappa shape index (κ1) is 15.7. The number of aryl methyl sites for hydroxylation is 1. The normalized spacial score (nSPS) is 16.0. The summed E-state index contributed by atoms with van der Waals surface area (Å²) in [6, 6.07) is 7.89. The number of rotatable bonds is 2. The molecule has 1 amide bonds. The summed E-state index contributed by atoms with van der Waals surface area (Å²) in [5, 5.41) is 16.9. The average Bonchev–Trinajstić information content (AvgIpc) is 3.18. The van der Waals surface area contributed by atoms with Crippen LogP contribution < -0.4 is 5.32 Å². The summed E-state index contributed by atoms with van der Waals surface area (Å²) in [6.07, 6.45) is 1.23. The Kier molecular flexibility index (Phi) is 4.28. The van der Waals surface area contributed by atoms with E-state index >= 15 is 0 Å². The molecular weight excluding hydrogens is 310 g/mol. The van der Waals surface area contributed by atoms with Crippen molar-refractivity contribution in [2.45, 2.75) is 25.7 Å². The molecule has 3 heterocycles. The predicted octanol–water partition coefficient (Wildman–Crippen LogP) is 2.02. The van der Waals surface area contributed by atoms with Crippen LogP contribution in [0.25, 0.3) is 11.0 Å². The Hall–Kier alpha value is -3.16. The van der Waals surface area contributed by atoms with Gasteiger partial charge in [0.05, 0.1) is 17.0 Å². The maximum atomic E-state index is 11.9. The van der Waals surface area contributed by atoms with Gasteiger partial charge in [-0.1, -0.05) is 19.1 Å². The average molecular weight is 327 g/mol. The zero-order valence-electron chi connectivity index (χ0n) is 13.0. The van der Waals surface area contributed by atoms with Gasteiger partial charge in [-0.2, -0.15) is 5.10 Å². The molecule has 1 unspecified atom stereocenters. The number of benzene rings is 1. The Labute approximate surface area is 137 Å². The summed E-state index contributed by atoms with van der Waals surface area (Å²) in [6.45, 7) is 1.82. The second-order valence-electron chi connectivity index (χ2n) is 5.37. The van der Waals surface area contributed by atoms with Crippen LogP contribution in [-0.4, -0.2) is 37.7 Å². The molecule has 24 heavy (non-hydrogen) atoms. The molecule has 124 valence electrons. The van der Waals surface area contributed by atoms with Gasteiger partial charge in [0.15, 0.2) is 5.82 Å². The minimum atomic E-state index is -0.250. The van der Waals surface area contributed by atoms with E-state index in [0.717, 1.165) is 34.5 Å². The fraction of sp³-hybridized carbons (Fsp3) is 0.250. The topological polar surface area (TPSA) is 124 Å². The van der Waals surface area contributed by atoms with E-state index in [1.807, 2.05) is 24.3 Å². The number of para-hydroxylation sites is 2. The number of fused-ring (bicyclic) bond motifs is 2. The van der Waals surface area contributed by atoms with Crippen molar-refractivity contribution >= 4 is 29.2 Å². The van der Waals surface area contributed by atoms with E-state index < -0.39 is 0 Å². The molecule has 1 atom stereocenters. The van der Waals surface area contributed by atoms with Crippen molar-refractivity contribution in [2.75, 3.05) is 5.32 Å². The summed E-state index contributed by atoms with van der Waals surface area (Å²) in [4.78, 5) is 28.3. The van der Waals surface area contributed by atoms with E-state index in [2.05, 4.69) is 32.4 Å². The smallest absolute Gasteiger partial charge is 0.290 e. The number of nitrogens with one attached hydrogen (secondary N) is 3. The van der Waals surface area contributed by atoms with Crippen molar-refractivity contribution in [1.82, 2.24) is 20.2 Å². The molecule has 0 spiro atoms. The van der Waals surface area contributed by atoms with E-state index in [-0.39, 0.29) is 18.3 Å². The standard InChI is InChI=1S/C15H15N5O.CH2O2/c1-2-9-13-8(7-12(21)18-15(13)20-19-9)14-16-10-5-3-4-6-11(10)17-14;2-1-3/h3-6,8H,2,7H2,1H3,(H,16,17)(H2,18,19,20,21);1H,(H,2,3). The van der Waals surface area contributed by atoms with Crippen molar-refractivity contribution < 1.29 is 14.7 Å². The number of aromatic nitrogens is 4. The number of H-pyrrole nitrogens is 2. The molecule has 0 bridgehead atoms. The number of carbonyl (C=O) groups excluding carboxylic acids is 1. The van der Waals surface area contributed by atoms with Crippen LogP contribution in [0.15, 0.2) is 24.3 Å². The number of hydrogen-bond donors (Lipinski definition) is 4. The SMILES string of the molecule is CCc1[nH]nc2c1C(c1nc3ccccc3[nH]1)CC(=O)N2.O=CO. The Bertz CT molecular complexity index is 850. The summed E-state index contributed by atoms with van der Waals surface area (Å²) in [5.74, 6) is 1.36. The number of imidazole rings is 1. The zero-order valence-corrected chi connectivity index (χ0v) is 13.0. The molecule has 0 saturated carbocycles. The highest BCUT2D eigenvalue weighted by atomic mass is 16.3. The third-order valence-electron chi connectivity index (χ3n) is 3.97. The summed E-state index contributed by atoms with van der Waals surface area (Å²) in [5.41, 5.74) is 4.01. The van der Waals surface area contributed by atoms with E-state index in [1.54, 1.807) is 0 Å². The lowest BCUT2D eigenvalue weighted by Crippen LogP contribution is -2.24. The molecule has 8 heteroatoms. The molecule has 8 nitrogen and oxygen atoms in total. The van der Waals surface area contributed by atoms with Crippen LogP contribution in [0.2, 0.25) is 0 Å². The summed E-state index contributed by atoms with van der Waals surface area (Å²) < 4.78 is 0. The lowest BCUT2D eigenvalue weighted by Gasteiger charge is -2.21. The Morgan fingerprint density at radius 2 is 2.12 bits per heavy atom. The van der Waals surface area contributed by atoms with Crippen LogP contribution in [0.4, 0.5) is 5.82 Å². The van der Waals surface area contributed by atoms with Crippen LogP contribution in [0.3, 0.4) is 0 Å². The van der Waals surface area contributed by atoms with Crippen molar-refractivity contribution in [3.8, 4) is 0 Å². The quantitative estimate of drug-likeness (QED) is 0.536. The number of nitrogens with zero attached hydrogens (tertiary/aromatic N) is 2. The minimum absolute atomic E-state index is 0.0258. The van der Waals surface area contributed by atoms with Gasteiger partial charge >= 0.3 is 0 Å². The van der Waals surface area contributed by atoms with Gasteiger partial charge in [-0.15, -0.1) is 0 Å². The van der Waals surface area contributed by atoms with Crippen LogP contribution in [0.1, 0.15) is 36.3 Å². The molecule has 0 radical (unpaired) electrons. The van der Waals surface area contributed by atoms with E-state index in [9.17, 15) is 4.79 Å². The second-order valence-corrected chi connectivity index (χ2v) is 5.37. The molecule has 0 aliphatic carbocycles. The van der Waals surface area contributed by atoms with Gasteiger partial charge in [0.1, 0.15) is 5.82 Å². The van der Waals surface area contributed by atoms with E-state index in [1.165, 1.54) is 0 Å². The first-order valence-electron chi connectivity index (χ1n) is 7.57. The highest BCUT2D eigenvalue weighted by Gasteiger charge is 2.32. The highest BCUT2D eigenvalue weighted by molar-refractivity contribution is 5.94. The number of hydrogen-bond acceptors (Lipinski definition) is 4. The van der Waals surface area contributed by atoms with Crippen LogP contribution in [0, 0.1) is 0 Å².